The lowest BCUT2D eigenvalue weighted by atomic mass is 9.67. The Kier molecular flexibility index (Phi) is 3.79. The van der Waals surface area contributed by atoms with Gasteiger partial charge in [-0.2, -0.15) is 0 Å². The molecule has 0 spiro atoms. The fourth-order valence-electron chi connectivity index (χ4n) is 2.10. The Morgan fingerprint density at radius 3 is 2.53 bits per heavy atom. The van der Waals surface area contributed by atoms with E-state index in [0.717, 1.165) is 21.2 Å². The van der Waals surface area contributed by atoms with E-state index in [1.807, 2.05) is 6.07 Å². The standard InChI is InChI=1S/C12H13Br2Cl/c13-8-12(4-1-5-12)7-9-2-3-10(14)6-11(9)15/h2-3,6H,1,4-5,7-8H2. The van der Waals surface area contributed by atoms with Gasteiger partial charge in [0.25, 0.3) is 0 Å². The predicted molar refractivity (Wildman–Crippen MR) is 72.9 cm³/mol. The van der Waals surface area contributed by atoms with Crippen molar-refractivity contribution in [3.8, 4) is 0 Å². The zero-order valence-electron chi connectivity index (χ0n) is 8.40. The maximum Gasteiger partial charge on any atom is 0.0449 e. The molecule has 0 amide bonds. The number of rotatable bonds is 3. The predicted octanol–water partition coefficient (Wildman–Crippen LogP) is 5.21. The average Bonchev–Trinajstić information content (AvgIpc) is 2.14. The van der Waals surface area contributed by atoms with Crippen molar-refractivity contribution in [2.24, 2.45) is 5.41 Å². The first-order chi connectivity index (χ1) is 7.15. The second kappa shape index (κ2) is 4.77. The van der Waals surface area contributed by atoms with Gasteiger partial charge in [0.05, 0.1) is 0 Å². The summed E-state index contributed by atoms with van der Waals surface area (Å²) in [5.41, 5.74) is 1.75. The lowest BCUT2D eigenvalue weighted by molar-refractivity contribution is 0.170. The highest BCUT2D eigenvalue weighted by Crippen LogP contribution is 2.45. The van der Waals surface area contributed by atoms with Crippen LogP contribution in [0.1, 0.15) is 24.8 Å². The van der Waals surface area contributed by atoms with Gasteiger partial charge in [0, 0.05) is 14.8 Å². The fourth-order valence-corrected chi connectivity index (χ4v) is 3.60. The molecule has 0 nitrogen and oxygen atoms in total. The van der Waals surface area contributed by atoms with E-state index < -0.39 is 0 Å². The van der Waals surface area contributed by atoms with Crippen LogP contribution in [0.2, 0.25) is 5.02 Å². The molecule has 1 saturated carbocycles. The summed E-state index contributed by atoms with van der Waals surface area (Å²) in [5, 5.41) is 1.98. The smallest absolute Gasteiger partial charge is 0.0449 e. The van der Waals surface area contributed by atoms with E-state index in [2.05, 4.69) is 44.0 Å². The monoisotopic (exact) mass is 350 g/mol. The van der Waals surface area contributed by atoms with Crippen LogP contribution >= 0.6 is 43.5 Å². The number of hydrogen-bond donors (Lipinski definition) is 0. The van der Waals surface area contributed by atoms with Gasteiger partial charge in [-0.3, -0.25) is 0 Å². The molecule has 0 atom stereocenters. The van der Waals surface area contributed by atoms with Gasteiger partial charge in [0.15, 0.2) is 0 Å². The van der Waals surface area contributed by atoms with Crippen LogP contribution in [0.4, 0.5) is 0 Å². The summed E-state index contributed by atoms with van der Waals surface area (Å²) in [5.74, 6) is 0. The quantitative estimate of drug-likeness (QED) is 0.655. The summed E-state index contributed by atoms with van der Waals surface area (Å²) in [7, 11) is 0. The molecule has 15 heavy (non-hydrogen) atoms. The van der Waals surface area contributed by atoms with Gasteiger partial charge >= 0.3 is 0 Å². The molecule has 1 aromatic rings. The molecule has 0 saturated heterocycles. The van der Waals surface area contributed by atoms with Crippen LogP contribution in [0.5, 0.6) is 0 Å². The van der Waals surface area contributed by atoms with Gasteiger partial charge in [-0.1, -0.05) is 55.9 Å². The highest BCUT2D eigenvalue weighted by atomic mass is 79.9. The first kappa shape index (κ1) is 11.9. The van der Waals surface area contributed by atoms with Crippen molar-refractivity contribution in [1.29, 1.82) is 0 Å². The van der Waals surface area contributed by atoms with Crippen molar-refractivity contribution in [2.75, 3.05) is 5.33 Å². The van der Waals surface area contributed by atoms with Crippen LogP contribution in [0, 0.1) is 5.41 Å². The average molecular weight is 352 g/mol. The molecule has 1 aromatic carbocycles. The lowest BCUT2D eigenvalue weighted by Gasteiger charge is -2.41. The molecule has 2 rings (SSSR count). The Labute approximate surface area is 113 Å². The number of hydrogen-bond acceptors (Lipinski definition) is 0. The summed E-state index contributed by atoms with van der Waals surface area (Å²) >= 11 is 13.3. The van der Waals surface area contributed by atoms with Crippen molar-refractivity contribution in [2.45, 2.75) is 25.7 Å². The minimum atomic E-state index is 0.470. The van der Waals surface area contributed by atoms with Gasteiger partial charge in [-0.25, -0.2) is 0 Å². The molecule has 0 aliphatic heterocycles. The molecule has 0 radical (unpaired) electrons. The van der Waals surface area contributed by atoms with E-state index in [0.29, 0.717) is 5.41 Å². The highest BCUT2D eigenvalue weighted by Gasteiger charge is 2.36. The van der Waals surface area contributed by atoms with Crippen LogP contribution < -0.4 is 0 Å². The molecule has 1 aliphatic rings. The third-order valence-electron chi connectivity index (χ3n) is 3.28. The van der Waals surface area contributed by atoms with Crippen molar-refractivity contribution in [3.05, 3.63) is 33.3 Å². The third-order valence-corrected chi connectivity index (χ3v) is 5.31. The minimum absolute atomic E-state index is 0.470. The van der Waals surface area contributed by atoms with Crippen LogP contribution in [-0.2, 0) is 6.42 Å². The molecule has 0 bridgehead atoms. The summed E-state index contributed by atoms with van der Waals surface area (Å²) in [4.78, 5) is 0. The van der Waals surface area contributed by atoms with Crippen molar-refractivity contribution < 1.29 is 0 Å². The summed E-state index contributed by atoms with van der Waals surface area (Å²) in [6.07, 6.45) is 5.11. The minimum Gasteiger partial charge on any atom is -0.0922 e. The van der Waals surface area contributed by atoms with Gasteiger partial charge in [-0.15, -0.1) is 0 Å². The number of halogens is 3. The van der Waals surface area contributed by atoms with Crippen LogP contribution in [0.15, 0.2) is 22.7 Å². The fraction of sp³-hybridized carbons (Fsp3) is 0.500. The van der Waals surface area contributed by atoms with Crippen molar-refractivity contribution in [1.82, 2.24) is 0 Å². The molecular formula is C12H13Br2Cl. The van der Waals surface area contributed by atoms with E-state index in [1.165, 1.54) is 24.8 Å². The van der Waals surface area contributed by atoms with Gasteiger partial charge in [-0.05, 0) is 42.4 Å². The van der Waals surface area contributed by atoms with Crippen LogP contribution in [0.3, 0.4) is 0 Å². The van der Waals surface area contributed by atoms with Gasteiger partial charge in [0.1, 0.15) is 0 Å². The largest absolute Gasteiger partial charge is 0.0922 e. The van der Waals surface area contributed by atoms with Crippen molar-refractivity contribution >= 4 is 43.5 Å². The molecular weight excluding hydrogens is 339 g/mol. The van der Waals surface area contributed by atoms with E-state index in [4.69, 9.17) is 11.6 Å². The molecule has 0 heterocycles. The molecule has 0 unspecified atom stereocenters. The first-order valence-corrected chi connectivity index (χ1v) is 7.44. The third kappa shape index (κ3) is 2.59. The summed E-state index contributed by atoms with van der Waals surface area (Å²) in [6.45, 7) is 0. The molecule has 0 aromatic heterocycles. The van der Waals surface area contributed by atoms with Crippen molar-refractivity contribution in [3.63, 3.8) is 0 Å². The lowest BCUT2D eigenvalue weighted by Crippen LogP contribution is -2.33. The number of benzene rings is 1. The molecule has 3 heteroatoms. The van der Waals surface area contributed by atoms with E-state index in [9.17, 15) is 0 Å². The van der Waals surface area contributed by atoms with E-state index >= 15 is 0 Å². The van der Waals surface area contributed by atoms with E-state index in [1.54, 1.807) is 0 Å². The van der Waals surface area contributed by atoms with Crippen LogP contribution in [0.25, 0.3) is 0 Å². The second-order valence-electron chi connectivity index (χ2n) is 4.40. The molecule has 1 aliphatic carbocycles. The van der Waals surface area contributed by atoms with Gasteiger partial charge < -0.3 is 0 Å². The Balaban J connectivity index is 2.16. The number of alkyl halides is 1. The van der Waals surface area contributed by atoms with Crippen LogP contribution in [-0.4, -0.2) is 5.33 Å². The van der Waals surface area contributed by atoms with E-state index in [-0.39, 0.29) is 0 Å². The second-order valence-corrected chi connectivity index (χ2v) is 6.28. The zero-order valence-corrected chi connectivity index (χ0v) is 12.3. The Morgan fingerprint density at radius 2 is 2.07 bits per heavy atom. The summed E-state index contributed by atoms with van der Waals surface area (Å²) < 4.78 is 1.05. The Morgan fingerprint density at radius 1 is 1.33 bits per heavy atom. The molecule has 1 fully saturated rings. The Bertz CT molecular complexity index is 353. The SMILES string of the molecule is Clc1cc(Br)ccc1CC1(CBr)CCC1. The molecule has 82 valence electrons. The Hall–Kier alpha value is 0.470. The zero-order chi connectivity index (χ0) is 10.9. The topological polar surface area (TPSA) is 0 Å². The maximum atomic E-state index is 6.23. The van der Waals surface area contributed by atoms with Gasteiger partial charge in [0.2, 0.25) is 0 Å². The molecule has 0 N–H and O–H groups in total. The normalized spacial score (nSPS) is 18.6. The highest BCUT2D eigenvalue weighted by molar-refractivity contribution is 9.10. The summed E-state index contributed by atoms with van der Waals surface area (Å²) in [6, 6.07) is 6.19. The first-order valence-electron chi connectivity index (χ1n) is 5.15. The maximum absolute atomic E-state index is 6.23.